The Morgan fingerprint density at radius 1 is 1.47 bits per heavy atom. The van der Waals surface area contributed by atoms with Gasteiger partial charge >= 0.3 is 5.69 Å². The van der Waals surface area contributed by atoms with E-state index in [2.05, 4.69) is 9.88 Å². The topological polar surface area (TPSA) is 41.0 Å². The fourth-order valence-electron chi connectivity index (χ4n) is 2.61. The molecule has 17 heavy (non-hydrogen) atoms. The Morgan fingerprint density at radius 3 is 3.00 bits per heavy atom. The van der Waals surface area contributed by atoms with Crippen LogP contribution in [0.3, 0.4) is 0 Å². The molecule has 0 bridgehead atoms. The maximum absolute atomic E-state index is 13.3. The van der Waals surface area contributed by atoms with Gasteiger partial charge in [-0.1, -0.05) is 0 Å². The molecule has 4 nitrogen and oxygen atoms in total. The zero-order valence-corrected chi connectivity index (χ0v) is 9.61. The molecule has 0 amide bonds. The molecule has 90 valence electrons. The lowest BCUT2D eigenvalue weighted by molar-refractivity contribution is 0.238. The third kappa shape index (κ3) is 1.58. The highest BCUT2D eigenvalue weighted by molar-refractivity contribution is 5.75. The molecule has 5 heteroatoms. The molecule has 2 aromatic rings. The summed E-state index contributed by atoms with van der Waals surface area (Å²) in [6, 6.07) is 4.39. The van der Waals surface area contributed by atoms with E-state index in [1.807, 2.05) is 7.05 Å². The van der Waals surface area contributed by atoms with Crippen molar-refractivity contribution in [3.63, 3.8) is 0 Å². The molecule has 1 aliphatic rings. The van der Waals surface area contributed by atoms with Crippen molar-refractivity contribution in [3.05, 3.63) is 34.5 Å². The summed E-state index contributed by atoms with van der Waals surface area (Å²) >= 11 is 0. The second-order valence-electron chi connectivity index (χ2n) is 4.57. The van der Waals surface area contributed by atoms with Gasteiger partial charge in [-0.05, 0) is 44.6 Å². The molecule has 0 aliphatic carbocycles. The third-order valence-corrected chi connectivity index (χ3v) is 3.46. The standard InChI is InChI=1S/C12H14FN3O/c1-15-6-2-3-11(15)16-10-7-8(13)4-5-9(10)14-12(16)17/h4-5,7,11H,2-3,6H2,1H3,(H,14,17). The van der Waals surface area contributed by atoms with E-state index in [1.165, 1.54) is 12.1 Å². The smallest absolute Gasteiger partial charge is 0.305 e. The van der Waals surface area contributed by atoms with Gasteiger partial charge in [-0.2, -0.15) is 0 Å². The Morgan fingerprint density at radius 2 is 2.29 bits per heavy atom. The number of aromatic nitrogens is 2. The number of imidazole rings is 1. The van der Waals surface area contributed by atoms with Gasteiger partial charge in [-0.15, -0.1) is 0 Å². The minimum Gasteiger partial charge on any atom is -0.305 e. The number of hydrogen-bond donors (Lipinski definition) is 1. The minimum atomic E-state index is -0.314. The van der Waals surface area contributed by atoms with E-state index < -0.39 is 0 Å². The summed E-state index contributed by atoms with van der Waals surface area (Å²) < 4.78 is 14.9. The van der Waals surface area contributed by atoms with Crippen LogP contribution in [0.4, 0.5) is 4.39 Å². The number of halogens is 1. The zero-order chi connectivity index (χ0) is 12.0. The highest BCUT2D eigenvalue weighted by Crippen LogP contribution is 2.26. The van der Waals surface area contributed by atoms with Crippen molar-refractivity contribution in [2.75, 3.05) is 13.6 Å². The Labute approximate surface area is 97.7 Å². The van der Waals surface area contributed by atoms with Crippen LogP contribution in [0.15, 0.2) is 23.0 Å². The Bertz CT molecular complexity index is 616. The molecule has 1 aliphatic heterocycles. The first-order chi connectivity index (χ1) is 8.16. The zero-order valence-electron chi connectivity index (χ0n) is 9.61. The molecule has 1 aromatic carbocycles. The van der Waals surface area contributed by atoms with E-state index in [9.17, 15) is 9.18 Å². The maximum Gasteiger partial charge on any atom is 0.327 e. The molecule has 0 radical (unpaired) electrons. The number of hydrogen-bond acceptors (Lipinski definition) is 2. The van der Waals surface area contributed by atoms with Gasteiger partial charge in [0.05, 0.1) is 17.2 Å². The lowest BCUT2D eigenvalue weighted by Gasteiger charge is -2.20. The Hall–Kier alpha value is -1.62. The van der Waals surface area contributed by atoms with Crippen LogP contribution in [0, 0.1) is 5.82 Å². The van der Waals surface area contributed by atoms with Gasteiger partial charge in [0, 0.05) is 0 Å². The van der Waals surface area contributed by atoms with Gasteiger partial charge < -0.3 is 4.98 Å². The maximum atomic E-state index is 13.3. The molecule has 1 saturated heterocycles. The quantitative estimate of drug-likeness (QED) is 0.817. The van der Waals surface area contributed by atoms with Gasteiger partial charge in [-0.3, -0.25) is 9.47 Å². The van der Waals surface area contributed by atoms with Gasteiger partial charge in [0.25, 0.3) is 0 Å². The Kier molecular flexibility index (Phi) is 2.29. The average molecular weight is 235 g/mol. The molecule has 1 aromatic heterocycles. The molecule has 1 N–H and O–H groups in total. The average Bonchev–Trinajstić information content (AvgIpc) is 2.81. The second-order valence-corrected chi connectivity index (χ2v) is 4.57. The van der Waals surface area contributed by atoms with Crippen LogP contribution in [0.5, 0.6) is 0 Å². The van der Waals surface area contributed by atoms with Crippen LogP contribution in [0.25, 0.3) is 11.0 Å². The number of nitrogens with one attached hydrogen (secondary N) is 1. The van der Waals surface area contributed by atoms with Gasteiger partial charge in [0.1, 0.15) is 5.82 Å². The molecule has 3 rings (SSSR count). The molecular weight excluding hydrogens is 221 g/mol. The first-order valence-electron chi connectivity index (χ1n) is 5.77. The summed E-state index contributed by atoms with van der Waals surface area (Å²) in [4.78, 5) is 16.8. The molecular formula is C12H14FN3O. The summed E-state index contributed by atoms with van der Waals surface area (Å²) in [5.41, 5.74) is 1.18. The summed E-state index contributed by atoms with van der Waals surface area (Å²) in [5, 5.41) is 0. The third-order valence-electron chi connectivity index (χ3n) is 3.46. The number of likely N-dealkylation sites (tertiary alicyclic amines) is 1. The van der Waals surface area contributed by atoms with Crippen molar-refractivity contribution in [3.8, 4) is 0 Å². The van der Waals surface area contributed by atoms with Crippen LogP contribution in [0.1, 0.15) is 19.0 Å². The summed E-state index contributed by atoms with van der Waals surface area (Å²) in [6.45, 7) is 0.971. The highest BCUT2D eigenvalue weighted by atomic mass is 19.1. The summed E-state index contributed by atoms with van der Waals surface area (Å²) in [5.74, 6) is -0.314. The van der Waals surface area contributed by atoms with E-state index in [1.54, 1.807) is 10.6 Å². The van der Waals surface area contributed by atoms with E-state index in [0.717, 1.165) is 19.4 Å². The van der Waals surface area contributed by atoms with E-state index in [-0.39, 0.29) is 17.7 Å². The van der Waals surface area contributed by atoms with Gasteiger partial charge in [-0.25, -0.2) is 9.18 Å². The number of nitrogens with zero attached hydrogens (tertiary/aromatic N) is 2. The van der Waals surface area contributed by atoms with Crippen LogP contribution in [-0.4, -0.2) is 28.0 Å². The molecule has 1 unspecified atom stereocenters. The van der Waals surface area contributed by atoms with Crippen LogP contribution >= 0.6 is 0 Å². The van der Waals surface area contributed by atoms with Crippen molar-refractivity contribution in [1.82, 2.24) is 14.5 Å². The predicted octanol–water partition coefficient (Wildman–Crippen LogP) is 1.69. The van der Waals surface area contributed by atoms with Crippen LogP contribution < -0.4 is 5.69 Å². The van der Waals surface area contributed by atoms with Crippen molar-refractivity contribution in [2.45, 2.75) is 19.0 Å². The van der Waals surface area contributed by atoms with Crippen molar-refractivity contribution in [2.24, 2.45) is 0 Å². The number of fused-ring (bicyclic) bond motifs is 1. The van der Waals surface area contributed by atoms with Crippen LogP contribution in [-0.2, 0) is 0 Å². The van der Waals surface area contributed by atoms with Gasteiger partial charge in [0.2, 0.25) is 0 Å². The molecule has 1 fully saturated rings. The lowest BCUT2D eigenvalue weighted by Crippen LogP contribution is -2.30. The van der Waals surface area contributed by atoms with E-state index >= 15 is 0 Å². The monoisotopic (exact) mass is 235 g/mol. The number of aromatic amines is 1. The first kappa shape index (κ1) is 10.5. The first-order valence-corrected chi connectivity index (χ1v) is 5.77. The normalized spacial score (nSPS) is 21.4. The van der Waals surface area contributed by atoms with Crippen molar-refractivity contribution < 1.29 is 4.39 Å². The SMILES string of the molecule is CN1CCCC1n1c(=O)[nH]c2ccc(F)cc21. The van der Waals surface area contributed by atoms with Crippen molar-refractivity contribution >= 4 is 11.0 Å². The van der Waals surface area contributed by atoms with E-state index in [0.29, 0.717) is 11.0 Å². The van der Waals surface area contributed by atoms with Crippen LogP contribution in [0.2, 0.25) is 0 Å². The molecule has 0 saturated carbocycles. The molecule has 2 heterocycles. The lowest BCUT2D eigenvalue weighted by atomic mass is 10.3. The predicted molar refractivity (Wildman–Crippen MR) is 63.4 cm³/mol. The fraction of sp³-hybridized carbons (Fsp3) is 0.417. The largest absolute Gasteiger partial charge is 0.327 e. The van der Waals surface area contributed by atoms with E-state index in [4.69, 9.17) is 0 Å². The van der Waals surface area contributed by atoms with Gasteiger partial charge in [0.15, 0.2) is 0 Å². The molecule has 1 atom stereocenters. The minimum absolute atomic E-state index is 0.0399. The number of rotatable bonds is 1. The second kappa shape index (κ2) is 3.70. The number of H-pyrrole nitrogens is 1. The summed E-state index contributed by atoms with van der Waals surface area (Å²) in [6.07, 6.45) is 2.04. The summed E-state index contributed by atoms with van der Waals surface area (Å²) in [7, 11) is 1.99. The fourth-order valence-corrected chi connectivity index (χ4v) is 2.61. The molecule has 0 spiro atoms. The highest BCUT2D eigenvalue weighted by Gasteiger charge is 2.25. The van der Waals surface area contributed by atoms with Crippen molar-refractivity contribution in [1.29, 1.82) is 0 Å². The number of benzene rings is 1. The Balaban J connectivity index is 2.24.